The molecule has 0 spiro atoms. The molecule has 0 aromatic heterocycles. The van der Waals surface area contributed by atoms with E-state index in [0.29, 0.717) is 18.5 Å². The molecule has 0 unspecified atom stereocenters. The second-order valence-corrected chi connectivity index (χ2v) is 8.03. The highest BCUT2D eigenvalue weighted by atomic mass is 79.9. The van der Waals surface area contributed by atoms with E-state index in [1.165, 1.54) is 0 Å². The molecule has 0 saturated carbocycles. The molecule has 4 nitrogen and oxygen atoms in total. The van der Waals surface area contributed by atoms with Crippen LogP contribution in [0.3, 0.4) is 0 Å². The second kappa shape index (κ2) is 5.63. The van der Waals surface area contributed by atoms with E-state index < -0.39 is 9.84 Å². The molecule has 1 aromatic rings. The molecule has 1 heterocycles. The van der Waals surface area contributed by atoms with Crippen LogP contribution in [0.1, 0.15) is 22.3 Å². The number of sulfone groups is 1. The van der Waals surface area contributed by atoms with E-state index in [1.54, 1.807) is 11.0 Å². The molecule has 2 rings (SSSR count). The number of nitrogens with zero attached hydrogens (tertiary/aromatic N) is 1. The van der Waals surface area contributed by atoms with E-state index in [2.05, 4.69) is 15.9 Å². The lowest BCUT2D eigenvalue weighted by molar-refractivity contribution is 0.0768. The van der Waals surface area contributed by atoms with Crippen molar-refractivity contribution < 1.29 is 13.2 Å². The third kappa shape index (κ3) is 3.79. The summed E-state index contributed by atoms with van der Waals surface area (Å²) in [4.78, 5) is 14.0. The van der Waals surface area contributed by atoms with Gasteiger partial charge in [-0.3, -0.25) is 4.79 Å². The van der Waals surface area contributed by atoms with Crippen LogP contribution < -0.4 is 0 Å². The first kappa shape index (κ1) is 14.5. The van der Waals surface area contributed by atoms with E-state index >= 15 is 0 Å². The number of amides is 1. The Morgan fingerprint density at radius 3 is 2.63 bits per heavy atom. The van der Waals surface area contributed by atoms with Gasteiger partial charge in [0.1, 0.15) is 0 Å². The largest absolute Gasteiger partial charge is 0.338 e. The molecule has 0 aliphatic carbocycles. The minimum Gasteiger partial charge on any atom is -0.338 e. The fourth-order valence-electron chi connectivity index (χ4n) is 2.18. The monoisotopic (exact) mass is 345 g/mol. The van der Waals surface area contributed by atoms with Crippen LogP contribution in [0, 0.1) is 6.92 Å². The third-order valence-electron chi connectivity index (χ3n) is 3.13. The van der Waals surface area contributed by atoms with Gasteiger partial charge in [-0.1, -0.05) is 15.9 Å². The topological polar surface area (TPSA) is 54.5 Å². The molecule has 6 heteroatoms. The van der Waals surface area contributed by atoms with Crippen molar-refractivity contribution in [1.82, 2.24) is 4.90 Å². The molecule has 1 aliphatic rings. The van der Waals surface area contributed by atoms with Crippen LogP contribution in [0.5, 0.6) is 0 Å². The van der Waals surface area contributed by atoms with Gasteiger partial charge in [-0.25, -0.2) is 8.42 Å². The Morgan fingerprint density at radius 1 is 1.21 bits per heavy atom. The Hall–Kier alpha value is -0.880. The van der Waals surface area contributed by atoms with Crippen LogP contribution in [0.4, 0.5) is 0 Å². The van der Waals surface area contributed by atoms with Crippen LogP contribution in [-0.2, 0) is 9.84 Å². The lowest BCUT2D eigenvalue weighted by atomic mass is 10.1. The minimum atomic E-state index is -2.99. The lowest BCUT2D eigenvalue weighted by Gasteiger charge is -2.20. The van der Waals surface area contributed by atoms with Crippen molar-refractivity contribution >= 4 is 31.7 Å². The number of carbonyl (C=O) groups is 1. The molecule has 1 fully saturated rings. The molecular weight excluding hydrogens is 330 g/mol. The molecule has 1 aliphatic heterocycles. The smallest absolute Gasteiger partial charge is 0.253 e. The van der Waals surface area contributed by atoms with Gasteiger partial charge in [0, 0.05) is 23.1 Å². The summed E-state index contributed by atoms with van der Waals surface area (Å²) in [5, 5.41) is 0. The number of halogens is 1. The first-order valence-corrected chi connectivity index (χ1v) is 8.76. The average molecular weight is 346 g/mol. The molecule has 1 amide bonds. The average Bonchev–Trinajstić information content (AvgIpc) is 2.48. The number of hydrogen-bond donors (Lipinski definition) is 0. The van der Waals surface area contributed by atoms with Gasteiger partial charge in [0.05, 0.1) is 11.5 Å². The molecule has 0 radical (unpaired) electrons. The zero-order valence-corrected chi connectivity index (χ0v) is 13.1. The third-order valence-corrected chi connectivity index (χ3v) is 5.30. The van der Waals surface area contributed by atoms with Gasteiger partial charge in [-0.2, -0.15) is 0 Å². The SMILES string of the molecule is Cc1cc(Br)cc(C(=O)N2CCCS(=O)(=O)CC2)c1. The maximum absolute atomic E-state index is 12.4. The molecule has 1 aromatic carbocycles. The summed E-state index contributed by atoms with van der Waals surface area (Å²) < 4.78 is 23.9. The van der Waals surface area contributed by atoms with Crippen molar-refractivity contribution in [3.63, 3.8) is 0 Å². The predicted octanol–water partition coefficient (Wildman–Crippen LogP) is 2.02. The highest BCUT2D eigenvalue weighted by molar-refractivity contribution is 9.10. The zero-order chi connectivity index (χ0) is 14.0. The van der Waals surface area contributed by atoms with Gasteiger partial charge >= 0.3 is 0 Å². The van der Waals surface area contributed by atoms with Crippen LogP contribution in [0.2, 0.25) is 0 Å². The van der Waals surface area contributed by atoms with Crippen molar-refractivity contribution in [3.05, 3.63) is 33.8 Å². The maximum atomic E-state index is 12.4. The first-order valence-electron chi connectivity index (χ1n) is 6.14. The summed E-state index contributed by atoms with van der Waals surface area (Å²) in [6.07, 6.45) is 0.515. The van der Waals surface area contributed by atoms with Crippen LogP contribution >= 0.6 is 15.9 Å². The fourth-order valence-corrected chi connectivity index (χ4v) is 4.06. The predicted molar refractivity (Wildman–Crippen MR) is 78.1 cm³/mol. The van der Waals surface area contributed by atoms with Gasteiger partial charge in [0.2, 0.25) is 0 Å². The Bertz CT molecular complexity index is 578. The molecular formula is C13H16BrNO3S. The molecule has 104 valence electrons. The molecule has 19 heavy (non-hydrogen) atoms. The van der Waals surface area contributed by atoms with Gasteiger partial charge < -0.3 is 4.90 Å². The van der Waals surface area contributed by atoms with E-state index in [0.717, 1.165) is 10.0 Å². The zero-order valence-electron chi connectivity index (χ0n) is 10.7. The second-order valence-electron chi connectivity index (χ2n) is 4.81. The van der Waals surface area contributed by atoms with Gasteiger partial charge in [-0.05, 0) is 37.1 Å². The van der Waals surface area contributed by atoms with E-state index in [-0.39, 0.29) is 24.0 Å². The number of carbonyl (C=O) groups excluding carboxylic acids is 1. The Labute approximate surface area is 121 Å². The van der Waals surface area contributed by atoms with Crippen LogP contribution in [-0.4, -0.2) is 43.8 Å². The Balaban J connectivity index is 2.19. The lowest BCUT2D eigenvalue weighted by Crippen LogP contribution is -2.33. The number of benzene rings is 1. The molecule has 0 N–H and O–H groups in total. The summed E-state index contributed by atoms with van der Waals surface area (Å²) in [5.74, 6) is 0.140. The quantitative estimate of drug-likeness (QED) is 0.782. The van der Waals surface area contributed by atoms with Crippen molar-refractivity contribution in [1.29, 1.82) is 0 Å². The standard InChI is InChI=1S/C13H16BrNO3S/c1-10-7-11(9-12(14)8-10)13(16)15-3-2-5-19(17,18)6-4-15/h7-9H,2-6H2,1H3. The van der Waals surface area contributed by atoms with E-state index in [1.807, 2.05) is 19.1 Å². The minimum absolute atomic E-state index is 0.0612. The highest BCUT2D eigenvalue weighted by Gasteiger charge is 2.23. The number of hydrogen-bond acceptors (Lipinski definition) is 3. The molecule has 0 atom stereocenters. The van der Waals surface area contributed by atoms with Crippen molar-refractivity contribution in [2.75, 3.05) is 24.6 Å². The normalized spacial score (nSPS) is 18.9. The van der Waals surface area contributed by atoms with E-state index in [9.17, 15) is 13.2 Å². The number of rotatable bonds is 1. The van der Waals surface area contributed by atoms with Gasteiger partial charge in [0.15, 0.2) is 9.84 Å². The van der Waals surface area contributed by atoms with Crippen molar-refractivity contribution in [2.45, 2.75) is 13.3 Å². The Kier molecular flexibility index (Phi) is 4.30. The maximum Gasteiger partial charge on any atom is 0.253 e. The molecule has 0 bridgehead atoms. The summed E-state index contributed by atoms with van der Waals surface area (Å²) in [6, 6.07) is 5.53. The van der Waals surface area contributed by atoms with Gasteiger partial charge in [-0.15, -0.1) is 0 Å². The summed E-state index contributed by atoms with van der Waals surface area (Å²) in [6.45, 7) is 2.71. The van der Waals surface area contributed by atoms with E-state index in [4.69, 9.17) is 0 Å². The summed E-state index contributed by atoms with van der Waals surface area (Å²) >= 11 is 3.37. The van der Waals surface area contributed by atoms with Gasteiger partial charge in [0.25, 0.3) is 5.91 Å². The fraction of sp³-hybridized carbons (Fsp3) is 0.462. The van der Waals surface area contributed by atoms with Crippen molar-refractivity contribution in [2.24, 2.45) is 0 Å². The van der Waals surface area contributed by atoms with Crippen molar-refractivity contribution in [3.8, 4) is 0 Å². The van der Waals surface area contributed by atoms with Crippen LogP contribution in [0.15, 0.2) is 22.7 Å². The first-order chi connectivity index (χ1) is 8.87. The Morgan fingerprint density at radius 2 is 1.95 bits per heavy atom. The van der Waals surface area contributed by atoms with Crippen LogP contribution in [0.25, 0.3) is 0 Å². The highest BCUT2D eigenvalue weighted by Crippen LogP contribution is 2.18. The number of aryl methyl sites for hydroxylation is 1. The summed E-state index contributed by atoms with van der Waals surface area (Å²) in [7, 11) is -2.99. The summed E-state index contributed by atoms with van der Waals surface area (Å²) in [5.41, 5.74) is 1.60. The molecule has 1 saturated heterocycles.